The molecule has 5 nitrogen and oxygen atoms in total. The zero-order valence-electron chi connectivity index (χ0n) is 19.3. The fourth-order valence-electron chi connectivity index (χ4n) is 4.49. The molecule has 1 fully saturated rings. The first-order valence-electron chi connectivity index (χ1n) is 11.6. The lowest BCUT2D eigenvalue weighted by molar-refractivity contribution is 0.167. The van der Waals surface area contributed by atoms with Gasteiger partial charge in [-0.3, -0.25) is 9.47 Å². The summed E-state index contributed by atoms with van der Waals surface area (Å²) in [6.07, 6.45) is 3.67. The summed E-state index contributed by atoms with van der Waals surface area (Å²) >= 11 is 8.10. The molecule has 1 atom stereocenters. The fourth-order valence-corrected chi connectivity index (χ4v) is 5.71. The van der Waals surface area contributed by atoms with Crippen LogP contribution in [0.2, 0.25) is 5.15 Å². The van der Waals surface area contributed by atoms with Crippen molar-refractivity contribution in [3.8, 4) is 5.69 Å². The number of rotatable bonds is 6. The van der Waals surface area contributed by atoms with Crippen LogP contribution in [0.3, 0.4) is 0 Å². The van der Waals surface area contributed by atoms with Crippen molar-refractivity contribution < 1.29 is 4.39 Å². The summed E-state index contributed by atoms with van der Waals surface area (Å²) in [5.41, 5.74) is 3.85. The minimum Gasteiger partial charge on any atom is -0.294 e. The average molecular weight is 496 g/mol. The summed E-state index contributed by atoms with van der Waals surface area (Å²) in [5, 5.41) is 11.4. The van der Waals surface area contributed by atoms with E-state index in [2.05, 4.69) is 49.8 Å². The van der Waals surface area contributed by atoms with Gasteiger partial charge in [0, 0.05) is 22.4 Å². The molecule has 0 radical (unpaired) electrons. The number of likely N-dealkylation sites (tertiary alicyclic amines) is 1. The molecule has 5 rings (SSSR count). The summed E-state index contributed by atoms with van der Waals surface area (Å²) < 4.78 is 15.7. The van der Waals surface area contributed by atoms with E-state index in [1.165, 1.54) is 31.4 Å². The molecule has 0 spiro atoms. The van der Waals surface area contributed by atoms with Crippen LogP contribution in [0.15, 0.2) is 53.7 Å². The molecule has 0 N–H and O–H groups in total. The van der Waals surface area contributed by atoms with Crippen LogP contribution in [0.1, 0.15) is 49.2 Å². The topological polar surface area (TPSA) is 46.8 Å². The smallest absolute Gasteiger partial charge is 0.196 e. The van der Waals surface area contributed by atoms with Crippen molar-refractivity contribution in [2.75, 3.05) is 13.1 Å². The van der Waals surface area contributed by atoms with E-state index in [4.69, 9.17) is 11.6 Å². The minimum atomic E-state index is -0.263. The number of hydrogen-bond acceptors (Lipinski definition) is 5. The van der Waals surface area contributed by atoms with Crippen LogP contribution in [0.25, 0.3) is 16.6 Å². The van der Waals surface area contributed by atoms with Crippen LogP contribution in [0.5, 0.6) is 0 Å². The third-order valence-corrected chi connectivity index (χ3v) is 7.72. The van der Waals surface area contributed by atoms with Crippen molar-refractivity contribution in [2.45, 2.75) is 50.1 Å². The standard InChI is InChI=1S/C26H27ClFN5S/c1-17-6-7-19-15-20(24(27)29-23(19)14-17)16-34-26-31-30-25(18(2)32-12-4-3-5-13-32)33(26)22-10-8-21(28)9-11-22/h6-11,14-15,18H,3-5,12-13,16H2,1-2H3/t18-/m0/s1. The number of nitrogens with zero attached hydrogens (tertiary/aromatic N) is 5. The van der Waals surface area contributed by atoms with E-state index in [1.54, 1.807) is 23.9 Å². The molecule has 1 aliphatic heterocycles. The minimum absolute atomic E-state index is 0.112. The van der Waals surface area contributed by atoms with Crippen molar-refractivity contribution in [2.24, 2.45) is 0 Å². The number of halogens is 2. The van der Waals surface area contributed by atoms with Gasteiger partial charge in [-0.25, -0.2) is 9.37 Å². The Kier molecular flexibility index (Phi) is 6.86. The summed E-state index contributed by atoms with van der Waals surface area (Å²) in [5.74, 6) is 1.21. The highest BCUT2D eigenvalue weighted by Crippen LogP contribution is 2.32. The van der Waals surface area contributed by atoms with Gasteiger partial charge in [0.25, 0.3) is 0 Å². The molecule has 2 aromatic carbocycles. The van der Waals surface area contributed by atoms with Gasteiger partial charge in [0.2, 0.25) is 0 Å². The van der Waals surface area contributed by atoms with E-state index < -0.39 is 0 Å². The molecule has 0 aliphatic carbocycles. The van der Waals surface area contributed by atoms with Crippen LogP contribution >= 0.6 is 23.4 Å². The molecule has 3 heterocycles. The first kappa shape index (κ1) is 23.3. The quantitative estimate of drug-likeness (QED) is 0.218. The first-order valence-corrected chi connectivity index (χ1v) is 13.0. The highest BCUT2D eigenvalue weighted by molar-refractivity contribution is 7.98. The Morgan fingerprint density at radius 1 is 1.03 bits per heavy atom. The maximum absolute atomic E-state index is 13.7. The Bertz CT molecular complexity index is 1300. The van der Waals surface area contributed by atoms with E-state index in [1.807, 2.05) is 13.0 Å². The molecule has 0 unspecified atom stereocenters. The van der Waals surface area contributed by atoms with Crippen molar-refractivity contribution in [3.05, 3.63) is 76.5 Å². The summed E-state index contributed by atoms with van der Waals surface area (Å²) in [6, 6.07) is 14.9. The molecule has 2 aromatic heterocycles. The summed E-state index contributed by atoms with van der Waals surface area (Å²) in [6.45, 7) is 6.33. The third kappa shape index (κ3) is 4.83. The van der Waals surface area contributed by atoms with Gasteiger partial charge in [-0.15, -0.1) is 10.2 Å². The number of aryl methyl sites for hydroxylation is 1. The van der Waals surface area contributed by atoms with Crippen LogP contribution in [-0.2, 0) is 5.75 Å². The predicted molar refractivity (Wildman–Crippen MR) is 136 cm³/mol. The molecular weight excluding hydrogens is 469 g/mol. The molecule has 0 amide bonds. The summed E-state index contributed by atoms with van der Waals surface area (Å²) in [7, 11) is 0. The van der Waals surface area contributed by atoms with Gasteiger partial charge in [0.15, 0.2) is 11.0 Å². The normalized spacial score (nSPS) is 15.6. The summed E-state index contributed by atoms with van der Waals surface area (Å²) in [4.78, 5) is 7.05. The third-order valence-electron chi connectivity index (χ3n) is 6.41. The van der Waals surface area contributed by atoms with Gasteiger partial charge in [0.05, 0.1) is 11.6 Å². The fraction of sp³-hybridized carbons (Fsp3) is 0.346. The molecule has 176 valence electrons. The molecule has 8 heteroatoms. The van der Waals surface area contributed by atoms with Crippen molar-refractivity contribution >= 4 is 34.3 Å². The van der Waals surface area contributed by atoms with Crippen LogP contribution < -0.4 is 0 Å². The van der Waals surface area contributed by atoms with E-state index >= 15 is 0 Å². The Balaban J connectivity index is 1.47. The number of piperidine rings is 1. The van der Waals surface area contributed by atoms with E-state index in [-0.39, 0.29) is 11.9 Å². The largest absolute Gasteiger partial charge is 0.294 e. The van der Waals surface area contributed by atoms with Gasteiger partial charge in [-0.1, -0.05) is 41.9 Å². The van der Waals surface area contributed by atoms with Gasteiger partial charge in [0.1, 0.15) is 11.0 Å². The predicted octanol–water partition coefficient (Wildman–Crippen LogP) is 6.76. The average Bonchev–Trinajstić information content (AvgIpc) is 3.27. The molecule has 1 aliphatic rings. The molecular formula is C26H27ClFN5S. The van der Waals surface area contributed by atoms with Crippen LogP contribution in [-0.4, -0.2) is 37.7 Å². The van der Waals surface area contributed by atoms with Gasteiger partial charge in [-0.05, 0) is 81.7 Å². The number of aromatic nitrogens is 4. The van der Waals surface area contributed by atoms with Crippen molar-refractivity contribution in [1.82, 2.24) is 24.6 Å². The van der Waals surface area contributed by atoms with Gasteiger partial charge >= 0.3 is 0 Å². The highest BCUT2D eigenvalue weighted by Gasteiger charge is 2.25. The Morgan fingerprint density at radius 3 is 2.56 bits per heavy atom. The maximum Gasteiger partial charge on any atom is 0.196 e. The second-order valence-corrected chi connectivity index (χ2v) is 10.1. The zero-order valence-corrected chi connectivity index (χ0v) is 20.9. The van der Waals surface area contributed by atoms with Crippen LogP contribution in [0, 0.1) is 12.7 Å². The number of fused-ring (bicyclic) bond motifs is 1. The van der Waals surface area contributed by atoms with Crippen molar-refractivity contribution in [3.63, 3.8) is 0 Å². The highest BCUT2D eigenvalue weighted by atomic mass is 35.5. The lowest BCUT2D eigenvalue weighted by atomic mass is 10.1. The van der Waals surface area contributed by atoms with Gasteiger partial charge < -0.3 is 0 Å². The van der Waals surface area contributed by atoms with Crippen LogP contribution in [0.4, 0.5) is 4.39 Å². The van der Waals surface area contributed by atoms with Crippen molar-refractivity contribution in [1.29, 1.82) is 0 Å². The number of thioether (sulfide) groups is 1. The molecule has 0 bridgehead atoms. The lowest BCUT2D eigenvalue weighted by Crippen LogP contribution is -2.33. The van der Waals surface area contributed by atoms with Gasteiger partial charge in [-0.2, -0.15) is 0 Å². The second kappa shape index (κ2) is 10.0. The molecule has 34 heavy (non-hydrogen) atoms. The number of hydrogen-bond donors (Lipinski definition) is 0. The molecule has 4 aromatic rings. The van der Waals surface area contributed by atoms with E-state index in [9.17, 15) is 4.39 Å². The Labute approximate surface area is 208 Å². The second-order valence-electron chi connectivity index (χ2n) is 8.85. The molecule has 1 saturated heterocycles. The van der Waals surface area contributed by atoms with E-state index in [0.717, 1.165) is 51.8 Å². The number of pyridine rings is 1. The Hall–Kier alpha value is -2.48. The number of benzene rings is 2. The lowest BCUT2D eigenvalue weighted by Gasteiger charge is -2.31. The zero-order chi connectivity index (χ0) is 23.7. The monoisotopic (exact) mass is 495 g/mol. The first-order chi connectivity index (χ1) is 16.5. The van der Waals surface area contributed by atoms with E-state index in [0.29, 0.717) is 10.9 Å². The Morgan fingerprint density at radius 2 is 1.79 bits per heavy atom. The maximum atomic E-state index is 13.7. The molecule has 0 saturated carbocycles. The SMILES string of the molecule is Cc1ccc2cc(CSc3nnc([C@H](C)N4CCCCC4)n3-c3ccc(F)cc3)c(Cl)nc2c1.